The summed E-state index contributed by atoms with van der Waals surface area (Å²) in [7, 11) is 0. The van der Waals surface area contributed by atoms with E-state index in [1.54, 1.807) is 30.3 Å². The average molecular weight is 444 g/mol. The Labute approximate surface area is 182 Å². The SMILES string of the molecule is O=C(CCNC(=O)c1ccc(F)cc1)N[C@@H](c1ccccc1)c1cccc(C(F)(F)F)c1. The number of carbonyl (C=O) groups excluding carboxylic acids is 2. The van der Waals surface area contributed by atoms with Crippen molar-refractivity contribution in [2.45, 2.75) is 18.6 Å². The topological polar surface area (TPSA) is 58.2 Å². The molecule has 0 unspecified atom stereocenters. The van der Waals surface area contributed by atoms with Gasteiger partial charge in [0, 0.05) is 18.5 Å². The lowest BCUT2D eigenvalue weighted by molar-refractivity contribution is -0.137. The summed E-state index contributed by atoms with van der Waals surface area (Å²) in [6, 6.07) is 17.6. The Kier molecular flexibility index (Phi) is 7.25. The molecule has 2 N–H and O–H groups in total. The number of hydrogen-bond acceptors (Lipinski definition) is 2. The Morgan fingerprint density at radius 1 is 0.844 bits per heavy atom. The summed E-state index contributed by atoms with van der Waals surface area (Å²) < 4.78 is 52.4. The summed E-state index contributed by atoms with van der Waals surface area (Å²) in [5.74, 6) is -1.38. The molecule has 0 aliphatic heterocycles. The van der Waals surface area contributed by atoms with E-state index in [1.165, 1.54) is 24.3 Å². The first-order valence-corrected chi connectivity index (χ1v) is 9.79. The maximum Gasteiger partial charge on any atom is 0.416 e. The summed E-state index contributed by atoms with van der Waals surface area (Å²) in [6.45, 7) is 0.00609. The van der Waals surface area contributed by atoms with Gasteiger partial charge in [0.1, 0.15) is 5.82 Å². The lowest BCUT2D eigenvalue weighted by Gasteiger charge is -2.21. The Bertz CT molecular complexity index is 1070. The second-order valence-corrected chi connectivity index (χ2v) is 7.05. The molecule has 0 heterocycles. The zero-order chi connectivity index (χ0) is 23.1. The molecular weight excluding hydrogens is 424 g/mol. The number of hydrogen-bond donors (Lipinski definition) is 2. The predicted octanol–water partition coefficient (Wildman–Crippen LogP) is 4.87. The van der Waals surface area contributed by atoms with E-state index < -0.39 is 35.4 Å². The van der Waals surface area contributed by atoms with Crippen LogP contribution < -0.4 is 10.6 Å². The minimum absolute atomic E-state index is 0.00609. The lowest BCUT2D eigenvalue weighted by Crippen LogP contribution is -2.33. The van der Waals surface area contributed by atoms with E-state index in [1.807, 2.05) is 0 Å². The standard InChI is InChI=1S/C24H20F4N2O2/c25-20-11-9-17(10-12-20)23(32)29-14-13-21(31)30-22(16-5-2-1-3-6-16)18-7-4-8-19(15-18)24(26,27)28/h1-12,15,22H,13-14H2,(H,29,32)(H,30,31)/t22-/m0/s1. The molecule has 3 aromatic carbocycles. The smallest absolute Gasteiger partial charge is 0.352 e. The first-order chi connectivity index (χ1) is 15.2. The highest BCUT2D eigenvalue weighted by Gasteiger charge is 2.31. The van der Waals surface area contributed by atoms with Gasteiger partial charge in [-0.1, -0.05) is 42.5 Å². The van der Waals surface area contributed by atoms with Gasteiger partial charge >= 0.3 is 6.18 Å². The van der Waals surface area contributed by atoms with Crippen molar-refractivity contribution in [3.05, 3.63) is 107 Å². The Morgan fingerprint density at radius 2 is 1.50 bits per heavy atom. The van der Waals surface area contributed by atoms with Crippen LogP contribution in [0.5, 0.6) is 0 Å². The van der Waals surface area contributed by atoms with Crippen LogP contribution in [0.2, 0.25) is 0 Å². The van der Waals surface area contributed by atoms with Crippen LogP contribution in [-0.4, -0.2) is 18.4 Å². The van der Waals surface area contributed by atoms with Crippen LogP contribution >= 0.6 is 0 Å². The molecule has 0 radical (unpaired) electrons. The molecule has 0 aliphatic rings. The van der Waals surface area contributed by atoms with Gasteiger partial charge in [-0.2, -0.15) is 13.2 Å². The number of benzene rings is 3. The van der Waals surface area contributed by atoms with E-state index >= 15 is 0 Å². The highest BCUT2D eigenvalue weighted by molar-refractivity contribution is 5.94. The van der Waals surface area contributed by atoms with Gasteiger partial charge in [-0.25, -0.2) is 4.39 Å². The molecule has 32 heavy (non-hydrogen) atoms. The third-order valence-corrected chi connectivity index (χ3v) is 4.73. The van der Waals surface area contributed by atoms with Crippen molar-refractivity contribution >= 4 is 11.8 Å². The third kappa shape index (κ3) is 6.16. The van der Waals surface area contributed by atoms with E-state index in [4.69, 9.17) is 0 Å². The van der Waals surface area contributed by atoms with Crippen LogP contribution in [0.1, 0.15) is 39.5 Å². The number of alkyl halides is 3. The number of nitrogens with one attached hydrogen (secondary N) is 2. The van der Waals surface area contributed by atoms with Crippen LogP contribution in [-0.2, 0) is 11.0 Å². The molecular formula is C24H20F4N2O2. The number of rotatable bonds is 7. The molecule has 166 valence electrons. The molecule has 0 spiro atoms. The van der Waals surface area contributed by atoms with Gasteiger partial charge in [0.25, 0.3) is 5.91 Å². The zero-order valence-corrected chi connectivity index (χ0v) is 16.8. The van der Waals surface area contributed by atoms with Gasteiger partial charge in [0.05, 0.1) is 11.6 Å². The second kappa shape index (κ2) is 10.1. The van der Waals surface area contributed by atoms with E-state index in [2.05, 4.69) is 10.6 Å². The molecule has 4 nitrogen and oxygen atoms in total. The molecule has 0 aliphatic carbocycles. The van der Waals surface area contributed by atoms with E-state index in [9.17, 15) is 27.2 Å². The van der Waals surface area contributed by atoms with Crippen LogP contribution in [0, 0.1) is 5.82 Å². The monoisotopic (exact) mass is 444 g/mol. The average Bonchev–Trinajstić information content (AvgIpc) is 2.78. The maximum absolute atomic E-state index is 13.2. The third-order valence-electron chi connectivity index (χ3n) is 4.73. The van der Waals surface area contributed by atoms with Crippen LogP contribution in [0.3, 0.4) is 0 Å². The fourth-order valence-electron chi connectivity index (χ4n) is 3.13. The van der Waals surface area contributed by atoms with Crippen LogP contribution in [0.25, 0.3) is 0 Å². The molecule has 0 saturated heterocycles. The van der Waals surface area contributed by atoms with Crippen molar-refractivity contribution in [3.63, 3.8) is 0 Å². The molecule has 0 aromatic heterocycles. The highest BCUT2D eigenvalue weighted by Crippen LogP contribution is 2.32. The van der Waals surface area contributed by atoms with Crippen LogP contribution in [0.4, 0.5) is 17.6 Å². The first-order valence-electron chi connectivity index (χ1n) is 9.79. The Hall–Kier alpha value is -3.68. The molecule has 0 bridgehead atoms. The molecule has 0 saturated carbocycles. The van der Waals surface area contributed by atoms with Crippen molar-refractivity contribution in [1.29, 1.82) is 0 Å². The van der Waals surface area contributed by atoms with Gasteiger partial charge in [0.2, 0.25) is 5.91 Å². The summed E-state index contributed by atoms with van der Waals surface area (Å²) in [4.78, 5) is 24.6. The van der Waals surface area contributed by atoms with E-state index in [0.29, 0.717) is 5.56 Å². The molecule has 3 rings (SSSR count). The van der Waals surface area contributed by atoms with Crippen molar-refractivity contribution in [2.75, 3.05) is 6.54 Å². The van der Waals surface area contributed by atoms with Crippen molar-refractivity contribution in [1.82, 2.24) is 10.6 Å². The van der Waals surface area contributed by atoms with Gasteiger partial charge in [-0.3, -0.25) is 9.59 Å². The quantitative estimate of drug-likeness (QED) is 0.511. The summed E-state index contributed by atoms with van der Waals surface area (Å²) in [6.07, 6.45) is -4.60. The van der Waals surface area contributed by atoms with Crippen molar-refractivity contribution < 1.29 is 27.2 Å². The fraction of sp³-hybridized carbons (Fsp3) is 0.167. The van der Waals surface area contributed by atoms with Crippen LogP contribution in [0.15, 0.2) is 78.9 Å². The summed E-state index contributed by atoms with van der Waals surface area (Å²) >= 11 is 0. The molecule has 3 aromatic rings. The molecule has 0 fully saturated rings. The van der Waals surface area contributed by atoms with E-state index in [-0.39, 0.29) is 24.1 Å². The minimum atomic E-state index is -4.51. The molecule has 2 amide bonds. The summed E-state index contributed by atoms with van der Waals surface area (Å²) in [5.41, 5.74) is 0.347. The highest BCUT2D eigenvalue weighted by atomic mass is 19.4. The Balaban J connectivity index is 1.68. The van der Waals surface area contributed by atoms with Crippen molar-refractivity contribution in [2.24, 2.45) is 0 Å². The number of amides is 2. The minimum Gasteiger partial charge on any atom is -0.352 e. The van der Waals surface area contributed by atoms with Gasteiger partial charge < -0.3 is 10.6 Å². The van der Waals surface area contributed by atoms with Gasteiger partial charge in [-0.05, 0) is 47.5 Å². The lowest BCUT2D eigenvalue weighted by atomic mass is 9.96. The maximum atomic E-state index is 13.2. The van der Waals surface area contributed by atoms with Gasteiger partial charge in [0.15, 0.2) is 0 Å². The first kappa shape index (κ1) is 23.0. The predicted molar refractivity (Wildman–Crippen MR) is 111 cm³/mol. The number of carbonyl (C=O) groups is 2. The fourth-order valence-corrected chi connectivity index (χ4v) is 3.13. The normalized spacial score (nSPS) is 12.1. The van der Waals surface area contributed by atoms with Gasteiger partial charge in [-0.15, -0.1) is 0 Å². The number of halogens is 4. The molecule has 1 atom stereocenters. The van der Waals surface area contributed by atoms with E-state index in [0.717, 1.165) is 24.3 Å². The van der Waals surface area contributed by atoms with Crippen molar-refractivity contribution in [3.8, 4) is 0 Å². The zero-order valence-electron chi connectivity index (χ0n) is 16.8. The summed E-state index contributed by atoms with van der Waals surface area (Å²) in [5, 5.41) is 5.30. The largest absolute Gasteiger partial charge is 0.416 e. The molecule has 8 heteroatoms. The Morgan fingerprint density at radius 3 is 2.16 bits per heavy atom. The second-order valence-electron chi connectivity index (χ2n) is 7.05.